The van der Waals surface area contributed by atoms with E-state index in [1.165, 1.54) is 0 Å². The predicted molar refractivity (Wildman–Crippen MR) is 75.5 cm³/mol. The minimum Gasteiger partial charge on any atom is -0.388 e. The second kappa shape index (κ2) is 5.26. The second-order valence-electron chi connectivity index (χ2n) is 5.14. The van der Waals surface area contributed by atoms with Gasteiger partial charge in [0.05, 0.1) is 0 Å². The molecule has 2 heterocycles. The van der Waals surface area contributed by atoms with E-state index in [-0.39, 0.29) is 5.60 Å². The van der Waals surface area contributed by atoms with Crippen molar-refractivity contribution in [3.63, 3.8) is 0 Å². The van der Waals surface area contributed by atoms with Gasteiger partial charge in [-0.3, -0.25) is 4.79 Å². The van der Waals surface area contributed by atoms with Crippen molar-refractivity contribution < 1.29 is 9.63 Å². The van der Waals surface area contributed by atoms with Crippen molar-refractivity contribution in [2.45, 2.75) is 37.7 Å². The molecular formula is C15H13ClN2O2. The highest BCUT2D eigenvalue weighted by Gasteiger charge is 2.41. The summed E-state index contributed by atoms with van der Waals surface area (Å²) in [6, 6.07) is 3.41. The minimum absolute atomic E-state index is 0.306. The molecule has 1 aromatic rings. The van der Waals surface area contributed by atoms with E-state index in [0.29, 0.717) is 41.5 Å². The molecule has 0 N–H and O–H groups in total. The van der Waals surface area contributed by atoms with E-state index in [1.807, 2.05) is 0 Å². The van der Waals surface area contributed by atoms with Gasteiger partial charge in [0.2, 0.25) is 0 Å². The molecule has 5 heteroatoms. The lowest BCUT2D eigenvalue weighted by Crippen LogP contribution is -2.34. The second-order valence-corrected chi connectivity index (χ2v) is 5.57. The molecule has 1 fully saturated rings. The molecule has 1 spiro atoms. The molecule has 102 valence electrons. The highest BCUT2D eigenvalue weighted by Crippen LogP contribution is 2.37. The summed E-state index contributed by atoms with van der Waals surface area (Å²) in [6.07, 6.45) is 4.91. The van der Waals surface area contributed by atoms with Crippen molar-refractivity contribution >= 4 is 23.1 Å². The maximum atomic E-state index is 11.3. The van der Waals surface area contributed by atoms with E-state index < -0.39 is 0 Å². The Morgan fingerprint density at radius 3 is 2.85 bits per heavy atom. The van der Waals surface area contributed by atoms with Crippen molar-refractivity contribution in [3.05, 3.63) is 29.0 Å². The van der Waals surface area contributed by atoms with E-state index in [0.717, 1.165) is 12.8 Å². The van der Waals surface area contributed by atoms with Gasteiger partial charge in [-0.1, -0.05) is 16.8 Å². The number of hydrogen-bond donors (Lipinski definition) is 0. The number of ketones is 1. The molecule has 0 radical (unpaired) electrons. The number of aromatic nitrogens is 1. The molecular weight excluding hydrogens is 276 g/mol. The van der Waals surface area contributed by atoms with Gasteiger partial charge in [-0.15, -0.1) is 0 Å². The van der Waals surface area contributed by atoms with Crippen LogP contribution in [0.5, 0.6) is 0 Å². The lowest BCUT2D eigenvalue weighted by atomic mass is 9.81. The first-order chi connectivity index (χ1) is 9.65. The average molecular weight is 289 g/mol. The number of nitrogens with zero attached hydrogens (tertiary/aromatic N) is 2. The van der Waals surface area contributed by atoms with E-state index in [9.17, 15) is 4.79 Å². The Balaban J connectivity index is 1.68. The third-order valence-corrected chi connectivity index (χ3v) is 3.85. The Labute approximate surface area is 122 Å². The van der Waals surface area contributed by atoms with Gasteiger partial charge in [-0.25, -0.2) is 4.98 Å². The van der Waals surface area contributed by atoms with Crippen LogP contribution in [0.4, 0.5) is 0 Å². The summed E-state index contributed by atoms with van der Waals surface area (Å²) in [5.41, 5.74) is 1.01. The van der Waals surface area contributed by atoms with Crippen LogP contribution in [0.25, 0.3) is 0 Å². The summed E-state index contributed by atoms with van der Waals surface area (Å²) in [5, 5.41) is 4.65. The number of oxime groups is 1. The van der Waals surface area contributed by atoms with Crippen molar-refractivity contribution in [2.24, 2.45) is 5.16 Å². The molecule has 1 aliphatic heterocycles. The molecule has 0 unspecified atom stereocenters. The molecule has 0 saturated heterocycles. The molecule has 0 aromatic carbocycles. The smallest absolute Gasteiger partial charge is 0.144 e. The molecule has 2 aliphatic rings. The summed E-state index contributed by atoms with van der Waals surface area (Å²) < 4.78 is 0. The predicted octanol–water partition coefficient (Wildman–Crippen LogP) is 2.74. The number of halogens is 1. The molecule has 0 bridgehead atoms. The molecule has 0 amide bonds. The van der Waals surface area contributed by atoms with Crippen LogP contribution in [-0.2, 0) is 9.63 Å². The highest BCUT2D eigenvalue weighted by molar-refractivity contribution is 6.30. The highest BCUT2D eigenvalue weighted by atomic mass is 35.5. The van der Waals surface area contributed by atoms with Gasteiger partial charge in [0, 0.05) is 30.5 Å². The van der Waals surface area contributed by atoms with E-state index >= 15 is 0 Å². The maximum absolute atomic E-state index is 11.3. The van der Waals surface area contributed by atoms with Gasteiger partial charge >= 0.3 is 0 Å². The zero-order valence-corrected chi connectivity index (χ0v) is 11.6. The van der Waals surface area contributed by atoms with Crippen LogP contribution in [0.1, 0.15) is 37.8 Å². The largest absolute Gasteiger partial charge is 0.388 e. The summed E-state index contributed by atoms with van der Waals surface area (Å²) in [7, 11) is 0. The molecule has 20 heavy (non-hydrogen) atoms. The Morgan fingerprint density at radius 2 is 2.10 bits per heavy atom. The fraction of sp³-hybridized carbons (Fsp3) is 0.400. The normalized spacial score (nSPS) is 20.1. The third kappa shape index (κ3) is 2.83. The number of carbonyl (C=O) groups is 1. The van der Waals surface area contributed by atoms with Crippen molar-refractivity contribution in [3.8, 4) is 11.8 Å². The molecule has 4 nitrogen and oxygen atoms in total. The van der Waals surface area contributed by atoms with Gasteiger partial charge in [-0.05, 0) is 36.8 Å². The Bertz CT molecular complexity index is 633. The first kappa shape index (κ1) is 13.1. The van der Waals surface area contributed by atoms with Crippen molar-refractivity contribution in [1.82, 2.24) is 4.98 Å². The maximum Gasteiger partial charge on any atom is 0.144 e. The number of rotatable bonds is 0. The summed E-state index contributed by atoms with van der Waals surface area (Å²) in [5.74, 6) is 6.22. The van der Waals surface area contributed by atoms with Gasteiger partial charge < -0.3 is 4.84 Å². The molecule has 1 aromatic heterocycles. The Kier molecular flexibility index (Phi) is 3.45. The lowest BCUT2D eigenvalue weighted by Gasteiger charge is -2.29. The summed E-state index contributed by atoms with van der Waals surface area (Å²) in [4.78, 5) is 20.9. The van der Waals surface area contributed by atoms with Crippen molar-refractivity contribution in [1.29, 1.82) is 0 Å². The fourth-order valence-corrected chi connectivity index (χ4v) is 2.61. The standard InChI is InChI=1S/C15H13ClN2O2/c16-11-5-8-17-12(9-11)1-2-13-10-15(20-18-13)6-3-14(19)4-7-15/h5,8-9H,3-4,6-7,10H2. The molecule has 3 rings (SSSR count). The Hall–Kier alpha value is -1.86. The quantitative estimate of drug-likeness (QED) is 0.690. The summed E-state index contributed by atoms with van der Waals surface area (Å²) in [6.45, 7) is 0. The number of Topliss-reactive ketones (excluding diaryl/α,β-unsaturated/α-hetero) is 1. The van der Waals surface area contributed by atoms with Gasteiger partial charge in [0.1, 0.15) is 22.8 Å². The average Bonchev–Trinajstić information content (AvgIpc) is 2.84. The van der Waals surface area contributed by atoms with Crippen molar-refractivity contribution in [2.75, 3.05) is 0 Å². The molecule has 1 aliphatic carbocycles. The minimum atomic E-state index is -0.306. The Morgan fingerprint density at radius 1 is 1.30 bits per heavy atom. The molecule has 1 saturated carbocycles. The first-order valence-electron chi connectivity index (χ1n) is 6.56. The monoisotopic (exact) mass is 288 g/mol. The van der Waals surface area contributed by atoms with Crippen LogP contribution in [0.3, 0.4) is 0 Å². The van der Waals surface area contributed by atoms with Gasteiger partial charge in [0.25, 0.3) is 0 Å². The molecule has 0 atom stereocenters. The number of carbonyl (C=O) groups excluding carboxylic acids is 1. The summed E-state index contributed by atoms with van der Waals surface area (Å²) >= 11 is 5.88. The van der Waals surface area contributed by atoms with Gasteiger partial charge in [-0.2, -0.15) is 0 Å². The van der Waals surface area contributed by atoms with Crippen LogP contribution < -0.4 is 0 Å². The topological polar surface area (TPSA) is 51.5 Å². The number of hydrogen-bond acceptors (Lipinski definition) is 4. The van der Waals surface area contributed by atoms with E-state index in [2.05, 4.69) is 22.0 Å². The van der Waals surface area contributed by atoms with Gasteiger partial charge in [0.15, 0.2) is 0 Å². The zero-order chi connectivity index (χ0) is 14.0. The van der Waals surface area contributed by atoms with Crippen LogP contribution in [0.15, 0.2) is 23.5 Å². The van der Waals surface area contributed by atoms with Crippen LogP contribution in [0.2, 0.25) is 5.02 Å². The van der Waals surface area contributed by atoms with Crippen LogP contribution in [0, 0.1) is 11.8 Å². The first-order valence-corrected chi connectivity index (χ1v) is 6.93. The number of pyridine rings is 1. The lowest BCUT2D eigenvalue weighted by molar-refractivity contribution is -0.127. The van der Waals surface area contributed by atoms with Crippen LogP contribution >= 0.6 is 11.6 Å². The van der Waals surface area contributed by atoms with Crippen LogP contribution in [-0.4, -0.2) is 22.1 Å². The third-order valence-electron chi connectivity index (χ3n) is 3.61. The zero-order valence-electron chi connectivity index (χ0n) is 10.9. The SMILES string of the molecule is O=C1CCC2(CC1)CC(C#Cc1cc(Cl)ccn1)=NO2. The van der Waals surface area contributed by atoms with E-state index in [4.69, 9.17) is 16.4 Å². The van der Waals surface area contributed by atoms with E-state index in [1.54, 1.807) is 18.3 Å². The fourth-order valence-electron chi connectivity index (χ4n) is 2.45.